The molecule has 0 amide bonds. The summed E-state index contributed by atoms with van der Waals surface area (Å²) < 4.78 is 45.0. The lowest BCUT2D eigenvalue weighted by Crippen LogP contribution is -2.26. The molecule has 0 saturated heterocycles. The first kappa shape index (κ1) is 16.8. The Balaban J connectivity index is 2.45. The Bertz CT molecular complexity index is 712. The van der Waals surface area contributed by atoms with Crippen LogP contribution in [0.4, 0.5) is 18.9 Å². The van der Waals surface area contributed by atoms with Crippen LogP contribution in [0.15, 0.2) is 48.5 Å². The molecule has 122 valence electrons. The Labute approximate surface area is 130 Å². The fourth-order valence-corrected chi connectivity index (χ4v) is 2.12. The Kier molecular flexibility index (Phi) is 4.31. The molecule has 2 aromatic rings. The number of rotatable bonds is 4. The van der Waals surface area contributed by atoms with Crippen molar-refractivity contribution in [3.05, 3.63) is 69.8 Å². The first-order valence-electron chi connectivity index (χ1n) is 6.71. The summed E-state index contributed by atoms with van der Waals surface area (Å²) >= 11 is 0. The fourth-order valence-electron chi connectivity index (χ4n) is 2.12. The third-order valence-electron chi connectivity index (χ3n) is 3.31. The average Bonchev–Trinajstić information content (AvgIpc) is 2.47. The second-order valence-electron chi connectivity index (χ2n) is 5.41. The van der Waals surface area contributed by atoms with Gasteiger partial charge in [0.1, 0.15) is 16.9 Å². The second kappa shape index (κ2) is 5.91. The molecule has 0 bridgehead atoms. The molecule has 7 heteroatoms. The molecule has 23 heavy (non-hydrogen) atoms. The number of nitrogens with zero attached hydrogens (tertiary/aromatic N) is 1. The number of non-ortho nitro benzene ring substituents is 1. The van der Waals surface area contributed by atoms with E-state index in [4.69, 9.17) is 4.74 Å². The van der Waals surface area contributed by atoms with Gasteiger partial charge in [-0.05, 0) is 25.5 Å². The highest BCUT2D eigenvalue weighted by Crippen LogP contribution is 2.40. The first-order valence-corrected chi connectivity index (χ1v) is 6.71. The van der Waals surface area contributed by atoms with Crippen molar-refractivity contribution in [3.8, 4) is 5.75 Å². The van der Waals surface area contributed by atoms with Crippen molar-refractivity contribution in [2.45, 2.75) is 25.6 Å². The summed E-state index contributed by atoms with van der Waals surface area (Å²) in [5, 5.41) is 10.7. The predicted octanol–water partition coefficient (Wildman–Crippen LogP) is 4.93. The van der Waals surface area contributed by atoms with Gasteiger partial charge < -0.3 is 4.74 Å². The van der Waals surface area contributed by atoms with E-state index in [0.29, 0.717) is 11.6 Å². The molecule has 4 nitrogen and oxygen atoms in total. The highest BCUT2D eigenvalue weighted by Gasteiger charge is 2.37. The van der Waals surface area contributed by atoms with Crippen LogP contribution in [0.25, 0.3) is 0 Å². The largest absolute Gasteiger partial charge is 0.483 e. The van der Waals surface area contributed by atoms with E-state index in [0.717, 1.165) is 12.1 Å². The van der Waals surface area contributed by atoms with E-state index < -0.39 is 33.7 Å². The number of hydrogen-bond donors (Lipinski definition) is 0. The van der Waals surface area contributed by atoms with Crippen LogP contribution in [-0.4, -0.2) is 4.92 Å². The number of benzene rings is 2. The maximum atomic E-state index is 13.2. The minimum absolute atomic E-state index is 0.447. The molecule has 0 spiro atoms. The molecule has 0 aliphatic rings. The van der Waals surface area contributed by atoms with Crippen LogP contribution in [-0.2, 0) is 11.8 Å². The molecule has 0 aliphatic carbocycles. The van der Waals surface area contributed by atoms with Gasteiger partial charge in [0, 0.05) is 12.1 Å². The Morgan fingerprint density at radius 1 is 1.04 bits per heavy atom. The maximum Gasteiger partial charge on any atom is 0.420 e. The molecule has 0 heterocycles. The van der Waals surface area contributed by atoms with Gasteiger partial charge in [-0.3, -0.25) is 10.1 Å². The van der Waals surface area contributed by atoms with Gasteiger partial charge in [-0.15, -0.1) is 0 Å². The van der Waals surface area contributed by atoms with Crippen molar-refractivity contribution in [2.75, 3.05) is 0 Å². The summed E-state index contributed by atoms with van der Waals surface area (Å²) in [6.07, 6.45) is -4.76. The van der Waals surface area contributed by atoms with Crippen LogP contribution in [0.3, 0.4) is 0 Å². The highest BCUT2D eigenvalue weighted by molar-refractivity contribution is 5.46. The van der Waals surface area contributed by atoms with Crippen LogP contribution >= 0.6 is 0 Å². The zero-order valence-electron chi connectivity index (χ0n) is 12.4. The fraction of sp³-hybridized carbons (Fsp3) is 0.250. The van der Waals surface area contributed by atoms with Crippen LogP contribution in [0.1, 0.15) is 25.0 Å². The molecular weight excluding hydrogens is 311 g/mol. The lowest BCUT2D eigenvalue weighted by Gasteiger charge is -2.28. The van der Waals surface area contributed by atoms with Gasteiger partial charge in [0.15, 0.2) is 0 Å². The zero-order chi connectivity index (χ0) is 17.3. The minimum atomic E-state index is -4.76. The number of alkyl halides is 3. The lowest BCUT2D eigenvalue weighted by molar-refractivity contribution is -0.385. The summed E-state index contributed by atoms with van der Waals surface area (Å²) in [7, 11) is 0. The molecule has 0 fully saturated rings. The molecule has 0 saturated carbocycles. The SMILES string of the molecule is CC(C)(Oc1ccc([N+](=O)[O-])cc1C(F)(F)F)c1ccccc1. The molecular formula is C16H14F3NO3. The standard InChI is InChI=1S/C16H14F3NO3/c1-15(2,11-6-4-3-5-7-11)23-14-9-8-12(20(21)22)10-13(14)16(17,18)19/h3-10H,1-2H3. The molecule has 2 rings (SSSR count). The summed E-state index contributed by atoms with van der Waals surface area (Å²) in [4.78, 5) is 9.82. The van der Waals surface area contributed by atoms with Crippen LogP contribution < -0.4 is 4.74 Å². The van der Waals surface area contributed by atoms with Crippen molar-refractivity contribution in [1.29, 1.82) is 0 Å². The van der Waals surface area contributed by atoms with E-state index in [2.05, 4.69) is 0 Å². The topological polar surface area (TPSA) is 52.4 Å². The third kappa shape index (κ3) is 3.80. The highest BCUT2D eigenvalue weighted by atomic mass is 19.4. The summed E-state index contributed by atoms with van der Waals surface area (Å²) in [6, 6.07) is 11.2. The molecule has 0 N–H and O–H groups in total. The van der Waals surface area contributed by atoms with Crippen LogP contribution in [0.5, 0.6) is 5.75 Å². The molecule has 0 aliphatic heterocycles. The lowest BCUT2D eigenvalue weighted by atomic mass is 9.98. The molecule has 0 aromatic heterocycles. The molecule has 0 atom stereocenters. The van der Waals surface area contributed by atoms with Crippen molar-refractivity contribution in [2.24, 2.45) is 0 Å². The van der Waals surface area contributed by atoms with Gasteiger partial charge in [-0.25, -0.2) is 0 Å². The maximum absolute atomic E-state index is 13.2. The van der Waals surface area contributed by atoms with Gasteiger partial charge in [-0.1, -0.05) is 30.3 Å². The minimum Gasteiger partial charge on any atom is -0.483 e. The number of nitro benzene ring substituents is 1. The van der Waals surface area contributed by atoms with Crippen molar-refractivity contribution < 1.29 is 22.8 Å². The van der Waals surface area contributed by atoms with E-state index >= 15 is 0 Å². The number of nitro groups is 1. The Morgan fingerprint density at radius 3 is 2.17 bits per heavy atom. The molecule has 0 radical (unpaired) electrons. The average molecular weight is 325 g/mol. The monoisotopic (exact) mass is 325 g/mol. The van der Waals surface area contributed by atoms with E-state index in [1.807, 2.05) is 0 Å². The quantitative estimate of drug-likeness (QED) is 0.592. The Morgan fingerprint density at radius 2 is 1.65 bits per heavy atom. The summed E-state index contributed by atoms with van der Waals surface area (Å²) in [5.74, 6) is -0.447. The van der Waals surface area contributed by atoms with E-state index in [1.165, 1.54) is 0 Å². The van der Waals surface area contributed by atoms with Gasteiger partial charge in [0.2, 0.25) is 0 Å². The first-order chi connectivity index (χ1) is 10.6. The second-order valence-corrected chi connectivity index (χ2v) is 5.41. The number of halogens is 3. The predicted molar refractivity (Wildman–Crippen MR) is 78.2 cm³/mol. The van der Waals surface area contributed by atoms with Gasteiger partial charge in [-0.2, -0.15) is 13.2 Å². The normalized spacial score (nSPS) is 12.0. The number of ether oxygens (including phenoxy) is 1. The van der Waals surface area contributed by atoms with Gasteiger partial charge in [0.05, 0.1) is 4.92 Å². The summed E-state index contributed by atoms with van der Waals surface area (Å²) in [6.45, 7) is 3.26. The van der Waals surface area contributed by atoms with E-state index in [-0.39, 0.29) is 0 Å². The summed E-state index contributed by atoms with van der Waals surface area (Å²) in [5.41, 5.74) is -2.15. The smallest absolute Gasteiger partial charge is 0.420 e. The van der Waals surface area contributed by atoms with Crippen molar-refractivity contribution in [3.63, 3.8) is 0 Å². The Hall–Kier alpha value is -2.57. The van der Waals surface area contributed by atoms with E-state index in [1.54, 1.807) is 44.2 Å². The van der Waals surface area contributed by atoms with Crippen molar-refractivity contribution >= 4 is 5.69 Å². The van der Waals surface area contributed by atoms with Crippen LogP contribution in [0.2, 0.25) is 0 Å². The number of hydrogen-bond acceptors (Lipinski definition) is 3. The van der Waals surface area contributed by atoms with Crippen LogP contribution in [0, 0.1) is 10.1 Å². The third-order valence-corrected chi connectivity index (χ3v) is 3.31. The van der Waals surface area contributed by atoms with Crippen molar-refractivity contribution in [1.82, 2.24) is 0 Å². The molecule has 2 aromatic carbocycles. The molecule has 0 unspecified atom stereocenters. The van der Waals surface area contributed by atoms with E-state index in [9.17, 15) is 23.3 Å². The van der Waals surface area contributed by atoms with Gasteiger partial charge in [0.25, 0.3) is 5.69 Å². The van der Waals surface area contributed by atoms with Gasteiger partial charge >= 0.3 is 6.18 Å². The zero-order valence-corrected chi connectivity index (χ0v) is 12.4.